The van der Waals surface area contributed by atoms with E-state index in [1.54, 1.807) is 7.11 Å². The number of carbonyl (C=O) groups is 1. The highest BCUT2D eigenvalue weighted by Gasteiger charge is 2.37. The van der Waals surface area contributed by atoms with Gasteiger partial charge in [-0.2, -0.15) is 0 Å². The van der Waals surface area contributed by atoms with Crippen LogP contribution in [0.3, 0.4) is 0 Å². The summed E-state index contributed by atoms with van der Waals surface area (Å²) in [4.78, 5) is 21.5. The van der Waals surface area contributed by atoms with E-state index in [2.05, 4.69) is 24.1 Å². The summed E-state index contributed by atoms with van der Waals surface area (Å²) in [6, 6.07) is 7.44. The van der Waals surface area contributed by atoms with Gasteiger partial charge in [-0.1, -0.05) is 13.8 Å². The molecule has 1 aromatic heterocycles. The van der Waals surface area contributed by atoms with E-state index in [-0.39, 0.29) is 23.3 Å². The first kappa shape index (κ1) is 18.7. The number of hydrogen-bond donors (Lipinski definition) is 1. The van der Waals surface area contributed by atoms with Gasteiger partial charge in [0.1, 0.15) is 18.1 Å². The summed E-state index contributed by atoms with van der Waals surface area (Å²) in [6.07, 6.45) is 5.65. The summed E-state index contributed by atoms with van der Waals surface area (Å²) in [6.45, 7) is 4.75. The summed E-state index contributed by atoms with van der Waals surface area (Å²) >= 11 is 0. The number of amides is 1. The third-order valence-electron chi connectivity index (χ3n) is 5.42. The van der Waals surface area contributed by atoms with Crippen molar-refractivity contribution in [3.63, 3.8) is 0 Å². The largest absolute Gasteiger partial charge is 0.497 e. The predicted molar refractivity (Wildman–Crippen MR) is 105 cm³/mol. The molecule has 2 aromatic rings. The molecule has 0 aliphatic heterocycles. The first-order valence-electron chi connectivity index (χ1n) is 9.85. The van der Waals surface area contributed by atoms with Gasteiger partial charge in [0.25, 0.3) is 0 Å². The van der Waals surface area contributed by atoms with Crippen LogP contribution in [-0.2, 0) is 17.8 Å². The van der Waals surface area contributed by atoms with Crippen LogP contribution in [0, 0.1) is 11.3 Å². The lowest BCUT2D eigenvalue weighted by atomic mass is 9.74. The molecule has 1 unspecified atom stereocenters. The molecule has 2 aliphatic carbocycles. The number of ether oxygens (including phenoxy) is 2. The SMILES string of the molecule is COc1ccc(OCc2ncc3c(n2)CC(C)(C)CC3NC(=O)C2CC2)cc1. The Morgan fingerprint density at radius 1 is 1.21 bits per heavy atom. The highest BCUT2D eigenvalue weighted by molar-refractivity contribution is 5.81. The summed E-state index contributed by atoms with van der Waals surface area (Å²) < 4.78 is 11.0. The molecule has 6 heteroatoms. The normalized spacial score (nSPS) is 20.2. The smallest absolute Gasteiger partial charge is 0.223 e. The fourth-order valence-electron chi connectivity index (χ4n) is 3.74. The second-order valence-corrected chi connectivity index (χ2v) is 8.53. The van der Waals surface area contributed by atoms with Crippen molar-refractivity contribution < 1.29 is 14.3 Å². The molecule has 1 N–H and O–H groups in total. The van der Waals surface area contributed by atoms with Crippen LogP contribution in [0.25, 0.3) is 0 Å². The van der Waals surface area contributed by atoms with Gasteiger partial charge in [-0.25, -0.2) is 9.97 Å². The molecule has 28 heavy (non-hydrogen) atoms. The van der Waals surface area contributed by atoms with Crippen LogP contribution in [0.5, 0.6) is 11.5 Å². The Morgan fingerprint density at radius 3 is 2.61 bits per heavy atom. The van der Waals surface area contributed by atoms with Crippen LogP contribution >= 0.6 is 0 Å². The summed E-state index contributed by atoms with van der Waals surface area (Å²) in [5.41, 5.74) is 2.14. The monoisotopic (exact) mass is 381 g/mol. The summed E-state index contributed by atoms with van der Waals surface area (Å²) in [5, 5.41) is 3.22. The average Bonchev–Trinajstić information content (AvgIpc) is 3.51. The molecule has 1 fully saturated rings. The van der Waals surface area contributed by atoms with Crippen molar-refractivity contribution in [3.8, 4) is 11.5 Å². The van der Waals surface area contributed by atoms with Gasteiger partial charge in [-0.15, -0.1) is 0 Å². The number of nitrogens with zero attached hydrogens (tertiary/aromatic N) is 2. The molecule has 0 saturated heterocycles. The summed E-state index contributed by atoms with van der Waals surface area (Å²) in [7, 11) is 1.64. The van der Waals surface area contributed by atoms with Crippen molar-refractivity contribution in [2.75, 3.05) is 7.11 Å². The minimum atomic E-state index is -0.0107. The molecule has 1 heterocycles. The van der Waals surface area contributed by atoms with E-state index in [1.165, 1.54) is 0 Å². The van der Waals surface area contributed by atoms with E-state index < -0.39 is 0 Å². The van der Waals surface area contributed by atoms with Crippen molar-refractivity contribution in [3.05, 3.63) is 47.5 Å². The molecule has 0 spiro atoms. The maximum atomic E-state index is 12.3. The molecule has 1 saturated carbocycles. The van der Waals surface area contributed by atoms with Crippen LogP contribution in [0.1, 0.15) is 56.2 Å². The Kier molecular flexibility index (Phi) is 4.96. The van der Waals surface area contributed by atoms with E-state index in [4.69, 9.17) is 14.5 Å². The Hall–Kier alpha value is -2.63. The molecule has 1 atom stereocenters. The van der Waals surface area contributed by atoms with Gasteiger partial charge in [-0.3, -0.25) is 4.79 Å². The number of carbonyl (C=O) groups excluding carboxylic acids is 1. The first-order valence-corrected chi connectivity index (χ1v) is 9.85. The van der Waals surface area contributed by atoms with Gasteiger partial charge in [-0.05, 0) is 55.4 Å². The number of hydrogen-bond acceptors (Lipinski definition) is 5. The average molecular weight is 381 g/mol. The fourth-order valence-corrected chi connectivity index (χ4v) is 3.74. The molecule has 4 rings (SSSR count). The zero-order valence-electron chi connectivity index (χ0n) is 16.7. The molecule has 0 radical (unpaired) electrons. The predicted octanol–water partition coefficient (Wildman–Crippen LogP) is 3.60. The van der Waals surface area contributed by atoms with Crippen molar-refractivity contribution in [1.29, 1.82) is 0 Å². The van der Waals surface area contributed by atoms with Crippen molar-refractivity contribution in [2.24, 2.45) is 11.3 Å². The molecule has 2 aliphatic rings. The van der Waals surface area contributed by atoms with Gasteiger partial charge in [0.15, 0.2) is 5.82 Å². The van der Waals surface area contributed by atoms with Gasteiger partial charge in [0, 0.05) is 17.7 Å². The summed E-state index contributed by atoms with van der Waals surface area (Å²) in [5.74, 6) is 2.56. The number of methoxy groups -OCH3 is 1. The molecule has 6 nitrogen and oxygen atoms in total. The number of benzene rings is 1. The Labute approximate surface area is 165 Å². The third-order valence-corrected chi connectivity index (χ3v) is 5.42. The molecule has 148 valence electrons. The van der Waals surface area contributed by atoms with E-state index in [0.29, 0.717) is 12.4 Å². The molecule has 1 aromatic carbocycles. The fraction of sp³-hybridized carbons (Fsp3) is 0.500. The molecular formula is C22H27N3O3. The third kappa shape index (κ3) is 4.26. The Bertz CT molecular complexity index is 860. The standard InChI is InChI=1S/C22H27N3O3/c1-22(2)10-18-17(19(11-22)25-21(26)14-4-5-14)12-23-20(24-18)13-28-16-8-6-15(27-3)7-9-16/h6-9,12,14,19H,4-5,10-11,13H2,1-3H3,(H,25,26). The topological polar surface area (TPSA) is 73.3 Å². The van der Waals surface area contributed by atoms with Crippen LogP contribution in [0.15, 0.2) is 30.5 Å². The van der Waals surface area contributed by atoms with Crippen LogP contribution in [0.4, 0.5) is 0 Å². The lowest BCUT2D eigenvalue weighted by Crippen LogP contribution is -2.38. The maximum absolute atomic E-state index is 12.3. The number of nitrogens with one attached hydrogen (secondary N) is 1. The number of aromatic nitrogens is 2. The van der Waals surface area contributed by atoms with Crippen molar-refractivity contribution in [2.45, 2.75) is 52.2 Å². The second kappa shape index (κ2) is 7.41. The lowest BCUT2D eigenvalue weighted by molar-refractivity contribution is -0.123. The van der Waals surface area contributed by atoms with Crippen LogP contribution in [-0.4, -0.2) is 23.0 Å². The quantitative estimate of drug-likeness (QED) is 0.828. The maximum Gasteiger partial charge on any atom is 0.223 e. The van der Waals surface area contributed by atoms with E-state index >= 15 is 0 Å². The van der Waals surface area contributed by atoms with Gasteiger partial charge in [0.05, 0.1) is 18.8 Å². The zero-order valence-corrected chi connectivity index (χ0v) is 16.7. The van der Waals surface area contributed by atoms with Crippen LogP contribution < -0.4 is 14.8 Å². The van der Waals surface area contributed by atoms with E-state index in [0.717, 1.165) is 48.4 Å². The van der Waals surface area contributed by atoms with Gasteiger partial charge < -0.3 is 14.8 Å². The first-order chi connectivity index (χ1) is 13.4. The second-order valence-electron chi connectivity index (χ2n) is 8.53. The van der Waals surface area contributed by atoms with Crippen molar-refractivity contribution >= 4 is 5.91 Å². The minimum Gasteiger partial charge on any atom is -0.497 e. The number of rotatable bonds is 6. The van der Waals surface area contributed by atoms with E-state index in [9.17, 15) is 4.79 Å². The van der Waals surface area contributed by atoms with Gasteiger partial charge in [0.2, 0.25) is 5.91 Å². The van der Waals surface area contributed by atoms with Crippen LogP contribution in [0.2, 0.25) is 0 Å². The zero-order chi connectivity index (χ0) is 19.7. The molecule has 0 bridgehead atoms. The Balaban J connectivity index is 1.48. The van der Waals surface area contributed by atoms with Crippen molar-refractivity contribution in [1.82, 2.24) is 15.3 Å². The molecule has 1 amide bonds. The number of fused-ring (bicyclic) bond motifs is 1. The Morgan fingerprint density at radius 2 is 1.93 bits per heavy atom. The van der Waals surface area contributed by atoms with Gasteiger partial charge >= 0.3 is 0 Å². The van der Waals surface area contributed by atoms with E-state index in [1.807, 2.05) is 30.5 Å². The minimum absolute atomic E-state index is 0.0107. The molecular weight excluding hydrogens is 354 g/mol. The highest BCUT2D eigenvalue weighted by Crippen LogP contribution is 2.40. The lowest BCUT2D eigenvalue weighted by Gasteiger charge is -2.36. The highest BCUT2D eigenvalue weighted by atomic mass is 16.5.